The fraction of sp³-hybridized carbons (Fsp3) is 0.833. The molecule has 1 N–H and O–H groups in total. The summed E-state index contributed by atoms with van der Waals surface area (Å²) in [4.78, 5) is 37.9. The van der Waals surface area contributed by atoms with Crippen molar-refractivity contribution >= 4 is 17.9 Å². The van der Waals surface area contributed by atoms with Crippen LogP contribution in [0.4, 0.5) is 0 Å². The second-order valence-electron chi connectivity index (χ2n) is 5.71. The largest absolute Gasteiger partial charge is 0.466 e. The SMILES string of the molecule is CCOC(=O)C(CC)C(O)(C(=O)OCC)C(CC)(CC)C(=O)OCC. The smallest absolute Gasteiger partial charge is 0.340 e. The molecule has 2 atom stereocenters. The molecule has 25 heavy (non-hydrogen) atoms. The van der Waals surface area contributed by atoms with E-state index in [1.807, 2.05) is 0 Å². The van der Waals surface area contributed by atoms with Gasteiger partial charge in [-0.2, -0.15) is 0 Å². The van der Waals surface area contributed by atoms with Gasteiger partial charge in [-0.05, 0) is 40.0 Å². The number of hydrogen-bond acceptors (Lipinski definition) is 7. The number of carbonyl (C=O) groups excluding carboxylic acids is 3. The van der Waals surface area contributed by atoms with Crippen molar-refractivity contribution in [3.8, 4) is 0 Å². The normalized spacial score (nSPS) is 15.0. The summed E-state index contributed by atoms with van der Waals surface area (Å²) in [6.45, 7) is 10.0. The first-order chi connectivity index (χ1) is 11.8. The minimum atomic E-state index is -2.38. The predicted molar refractivity (Wildman–Crippen MR) is 91.6 cm³/mol. The second kappa shape index (κ2) is 10.4. The van der Waals surface area contributed by atoms with Crippen LogP contribution in [0, 0.1) is 11.3 Å². The summed E-state index contributed by atoms with van der Waals surface area (Å²) >= 11 is 0. The minimum absolute atomic E-state index is 0.00668. The first-order valence-electron chi connectivity index (χ1n) is 9.00. The minimum Gasteiger partial charge on any atom is -0.466 e. The highest BCUT2D eigenvalue weighted by molar-refractivity contribution is 5.95. The van der Waals surface area contributed by atoms with Crippen LogP contribution in [0.2, 0.25) is 0 Å². The highest BCUT2D eigenvalue weighted by Gasteiger charge is 2.65. The maximum Gasteiger partial charge on any atom is 0.340 e. The third-order valence-electron chi connectivity index (χ3n) is 4.67. The Balaban J connectivity index is 6.46. The van der Waals surface area contributed by atoms with Crippen LogP contribution in [-0.2, 0) is 28.6 Å². The van der Waals surface area contributed by atoms with Crippen molar-refractivity contribution in [2.75, 3.05) is 19.8 Å². The van der Waals surface area contributed by atoms with Crippen LogP contribution in [0.5, 0.6) is 0 Å². The molecular formula is C18H32O7. The molecule has 7 nitrogen and oxygen atoms in total. The number of hydrogen-bond donors (Lipinski definition) is 1. The first-order valence-corrected chi connectivity index (χ1v) is 9.00. The second-order valence-corrected chi connectivity index (χ2v) is 5.71. The van der Waals surface area contributed by atoms with Crippen molar-refractivity contribution in [1.29, 1.82) is 0 Å². The molecule has 0 rings (SSSR count). The average molecular weight is 360 g/mol. The Labute approximate surface area is 150 Å². The van der Waals surface area contributed by atoms with E-state index in [0.29, 0.717) is 0 Å². The van der Waals surface area contributed by atoms with E-state index in [9.17, 15) is 19.5 Å². The van der Waals surface area contributed by atoms with E-state index in [2.05, 4.69) is 0 Å². The molecule has 0 aromatic heterocycles. The van der Waals surface area contributed by atoms with Crippen molar-refractivity contribution in [2.24, 2.45) is 11.3 Å². The molecule has 0 spiro atoms. The van der Waals surface area contributed by atoms with Gasteiger partial charge in [0.2, 0.25) is 0 Å². The summed E-state index contributed by atoms with van der Waals surface area (Å²) in [6, 6.07) is 0. The number of aliphatic hydroxyl groups is 1. The number of esters is 3. The molecule has 0 bridgehead atoms. The zero-order chi connectivity index (χ0) is 19.7. The highest BCUT2D eigenvalue weighted by atomic mass is 16.6. The number of carbonyl (C=O) groups is 3. The van der Waals surface area contributed by atoms with Crippen LogP contribution in [-0.4, -0.2) is 48.4 Å². The quantitative estimate of drug-likeness (QED) is 0.445. The van der Waals surface area contributed by atoms with Gasteiger partial charge in [0.05, 0.1) is 25.7 Å². The number of rotatable bonds is 11. The van der Waals surface area contributed by atoms with Crippen molar-refractivity contribution < 1.29 is 33.7 Å². The van der Waals surface area contributed by atoms with E-state index in [1.165, 1.54) is 0 Å². The third kappa shape index (κ3) is 4.32. The molecule has 0 amide bonds. The van der Waals surface area contributed by atoms with E-state index < -0.39 is 34.8 Å². The van der Waals surface area contributed by atoms with Crippen molar-refractivity contribution in [3.63, 3.8) is 0 Å². The van der Waals surface area contributed by atoms with Crippen LogP contribution < -0.4 is 0 Å². The lowest BCUT2D eigenvalue weighted by molar-refractivity contribution is -0.212. The van der Waals surface area contributed by atoms with Gasteiger partial charge in [0.15, 0.2) is 5.60 Å². The summed E-state index contributed by atoms with van der Waals surface area (Å²) in [5, 5.41) is 11.5. The monoisotopic (exact) mass is 360 g/mol. The molecule has 0 saturated heterocycles. The van der Waals surface area contributed by atoms with Gasteiger partial charge in [-0.15, -0.1) is 0 Å². The van der Waals surface area contributed by atoms with Crippen molar-refractivity contribution in [2.45, 2.75) is 66.4 Å². The van der Waals surface area contributed by atoms with Crippen LogP contribution in [0.3, 0.4) is 0 Å². The topological polar surface area (TPSA) is 99.1 Å². The van der Waals surface area contributed by atoms with E-state index in [1.54, 1.807) is 41.5 Å². The van der Waals surface area contributed by atoms with Gasteiger partial charge in [0, 0.05) is 0 Å². The lowest BCUT2D eigenvalue weighted by Crippen LogP contribution is -2.64. The summed E-state index contributed by atoms with van der Waals surface area (Å²) in [5.74, 6) is -3.71. The fourth-order valence-corrected chi connectivity index (χ4v) is 3.29. The maximum absolute atomic E-state index is 12.8. The lowest BCUT2D eigenvalue weighted by Gasteiger charge is -2.45. The fourth-order valence-electron chi connectivity index (χ4n) is 3.29. The van der Waals surface area contributed by atoms with Crippen molar-refractivity contribution in [3.05, 3.63) is 0 Å². The molecular weight excluding hydrogens is 328 g/mol. The molecule has 0 aliphatic rings. The molecule has 0 aromatic carbocycles. The van der Waals surface area contributed by atoms with Gasteiger partial charge in [-0.3, -0.25) is 9.59 Å². The van der Waals surface area contributed by atoms with Crippen LogP contribution >= 0.6 is 0 Å². The zero-order valence-electron chi connectivity index (χ0n) is 16.2. The summed E-state index contributed by atoms with van der Waals surface area (Å²) in [5.41, 5.74) is -3.98. The predicted octanol–water partition coefficient (Wildman–Crippen LogP) is 2.24. The zero-order valence-corrected chi connectivity index (χ0v) is 16.2. The van der Waals surface area contributed by atoms with Crippen LogP contribution in [0.1, 0.15) is 60.8 Å². The molecule has 146 valence electrons. The third-order valence-corrected chi connectivity index (χ3v) is 4.67. The summed E-state index contributed by atoms with van der Waals surface area (Å²) in [7, 11) is 0. The van der Waals surface area contributed by atoms with Gasteiger partial charge < -0.3 is 19.3 Å². The van der Waals surface area contributed by atoms with E-state index >= 15 is 0 Å². The van der Waals surface area contributed by atoms with Gasteiger partial charge in [-0.25, -0.2) is 4.79 Å². The summed E-state index contributed by atoms with van der Waals surface area (Å²) < 4.78 is 15.2. The molecule has 0 saturated carbocycles. The Kier molecular flexibility index (Phi) is 9.70. The van der Waals surface area contributed by atoms with Gasteiger partial charge in [0.1, 0.15) is 5.41 Å². The van der Waals surface area contributed by atoms with Gasteiger partial charge in [-0.1, -0.05) is 20.8 Å². The Morgan fingerprint density at radius 1 is 0.800 bits per heavy atom. The molecule has 0 aliphatic carbocycles. The van der Waals surface area contributed by atoms with Gasteiger partial charge >= 0.3 is 17.9 Å². The molecule has 0 aliphatic heterocycles. The highest BCUT2D eigenvalue weighted by Crippen LogP contribution is 2.46. The Bertz CT molecular complexity index is 456. The number of ether oxygens (including phenoxy) is 3. The average Bonchev–Trinajstić information content (AvgIpc) is 2.57. The first kappa shape index (κ1) is 23.4. The molecule has 0 fully saturated rings. The Morgan fingerprint density at radius 2 is 1.24 bits per heavy atom. The molecule has 0 aromatic rings. The Hall–Kier alpha value is -1.63. The molecule has 0 heterocycles. The van der Waals surface area contributed by atoms with Gasteiger partial charge in [0.25, 0.3) is 0 Å². The van der Waals surface area contributed by atoms with E-state index in [0.717, 1.165) is 0 Å². The molecule has 2 unspecified atom stereocenters. The van der Waals surface area contributed by atoms with E-state index in [4.69, 9.17) is 14.2 Å². The standard InChI is InChI=1S/C18H32O7/c1-7-13(14(19)23-10-4)18(22,16(21)25-12-6)17(8-2,9-3)15(20)24-11-5/h13,22H,7-12H2,1-6H3. The van der Waals surface area contributed by atoms with Crippen molar-refractivity contribution in [1.82, 2.24) is 0 Å². The summed E-state index contributed by atoms with van der Waals surface area (Å²) in [6.07, 6.45) is 0.316. The van der Waals surface area contributed by atoms with Crippen LogP contribution in [0.15, 0.2) is 0 Å². The van der Waals surface area contributed by atoms with E-state index in [-0.39, 0.29) is 39.1 Å². The van der Waals surface area contributed by atoms with Crippen LogP contribution in [0.25, 0.3) is 0 Å². The molecule has 0 radical (unpaired) electrons. The molecule has 7 heteroatoms. The Morgan fingerprint density at radius 3 is 1.60 bits per heavy atom. The maximum atomic E-state index is 12.8. The lowest BCUT2D eigenvalue weighted by atomic mass is 9.61.